The van der Waals surface area contributed by atoms with E-state index in [1.807, 2.05) is 0 Å². The number of nitro groups is 1. The van der Waals surface area contributed by atoms with Crippen molar-refractivity contribution in [1.82, 2.24) is 14.8 Å². The normalized spacial score (nSPS) is 10.7. The van der Waals surface area contributed by atoms with E-state index in [2.05, 4.69) is 10.1 Å². The summed E-state index contributed by atoms with van der Waals surface area (Å²) in [5.74, 6) is -1.14. The Hall–Kier alpha value is -3.29. The van der Waals surface area contributed by atoms with Crippen molar-refractivity contribution in [1.29, 1.82) is 0 Å². The number of aromatic nitrogens is 3. The molecule has 0 bridgehead atoms. The largest absolute Gasteiger partial charge is 0.476 e. The average molecular weight is 284 g/mol. The molecule has 0 aliphatic carbocycles. The molecule has 0 aliphatic rings. The van der Waals surface area contributed by atoms with Gasteiger partial charge in [-0.15, -0.1) is 0 Å². The number of hydrogen-bond donors (Lipinski definition) is 1. The Morgan fingerprint density at radius 2 is 2.10 bits per heavy atom. The van der Waals surface area contributed by atoms with E-state index in [4.69, 9.17) is 5.11 Å². The minimum absolute atomic E-state index is 0.106. The fourth-order valence-corrected chi connectivity index (χ4v) is 2.07. The third kappa shape index (κ3) is 2.08. The molecule has 21 heavy (non-hydrogen) atoms. The summed E-state index contributed by atoms with van der Waals surface area (Å²) < 4.78 is 1.36. The van der Waals surface area contributed by atoms with E-state index < -0.39 is 10.9 Å². The van der Waals surface area contributed by atoms with Gasteiger partial charge in [-0.25, -0.2) is 14.5 Å². The van der Waals surface area contributed by atoms with Crippen LogP contribution in [-0.2, 0) is 0 Å². The summed E-state index contributed by atoms with van der Waals surface area (Å²) in [5, 5.41) is 24.4. The Morgan fingerprint density at radius 1 is 1.29 bits per heavy atom. The molecule has 8 heteroatoms. The summed E-state index contributed by atoms with van der Waals surface area (Å²) in [6.07, 6.45) is 2.91. The highest BCUT2D eigenvalue weighted by Gasteiger charge is 2.16. The number of nitrogens with zero attached hydrogens (tertiary/aromatic N) is 4. The molecule has 2 heterocycles. The van der Waals surface area contributed by atoms with Gasteiger partial charge in [-0.05, 0) is 12.1 Å². The predicted molar refractivity (Wildman–Crippen MR) is 72.5 cm³/mol. The van der Waals surface area contributed by atoms with Crippen LogP contribution in [0.4, 0.5) is 5.69 Å². The van der Waals surface area contributed by atoms with Gasteiger partial charge in [0.05, 0.1) is 10.6 Å². The molecular formula is C13H8N4O4. The average Bonchev–Trinajstić information content (AvgIpc) is 2.95. The zero-order valence-electron chi connectivity index (χ0n) is 10.5. The van der Waals surface area contributed by atoms with Crippen molar-refractivity contribution in [2.75, 3.05) is 0 Å². The highest BCUT2D eigenvalue weighted by atomic mass is 16.6. The van der Waals surface area contributed by atoms with Crippen LogP contribution in [0.5, 0.6) is 0 Å². The number of nitro benzene ring substituents is 1. The van der Waals surface area contributed by atoms with Crippen molar-refractivity contribution in [3.63, 3.8) is 0 Å². The Bertz CT molecular complexity index is 871. The molecule has 2 aromatic heterocycles. The van der Waals surface area contributed by atoms with Crippen LogP contribution in [0.1, 0.15) is 10.5 Å². The number of non-ortho nitro benzene ring substituents is 1. The third-order valence-electron chi connectivity index (χ3n) is 2.98. The molecule has 0 atom stereocenters. The predicted octanol–water partition coefficient (Wildman–Crippen LogP) is 2.03. The second kappa shape index (κ2) is 4.67. The Labute approximate surface area is 117 Å². The summed E-state index contributed by atoms with van der Waals surface area (Å²) in [6, 6.07) is 7.56. The lowest BCUT2D eigenvalue weighted by atomic mass is 10.1. The number of carboxylic acid groups (broad SMARTS) is 1. The maximum absolute atomic E-state index is 11.0. The van der Waals surface area contributed by atoms with Gasteiger partial charge in [0, 0.05) is 23.8 Å². The molecule has 0 fully saturated rings. The van der Waals surface area contributed by atoms with Gasteiger partial charge in [-0.2, -0.15) is 5.10 Å². The fourth-order valence-electron chi connectivity index (χ4n) is 2.07. The molecule has 0 amide bonds. The Balaban J connectivity index is 2.25. The van der Waals surface area contributed by atoms with Gasteiger partial charge in [0.2, 0.25) is 0 Å². The number of hydrogen-bond acceptors (Lipinski definition) is 5. The van der Waals surface area contributed by atoms with Crippen molar-refractivity contribution < 1.29 is 14.8 Å². The Kier molecular flexibility index (Phi) is 2.83. The second-order valence-electron chi connectivity index (χ2n) is 4.21. The van der Waals surface area contributed by atoms with Crippen LogP contribution in [0.2, 0.25) is 0 Å². The minimum atomic E-state index is -1.14. The van der Waals surface area contributed by atoms with E-state index in [0.717, 1.165) is 0 Å². The lowest BCUT2D eigenvalue weighted by Gasteiger charge is -2.06. The first-order chi connectivity index (χ1) is 10.1. The molecule has 0 aliphatic heterocycles. The molecule has 0 saturated heterocycles. The lowest BCUT2D eigenvalue weighted by molar-refractivity contribution is -0.383. The van der Waals surface area contributed by atoms with Crippen molar-refractivity contribution in [3.8, 4) is 5.69 Å². The summed E-state index contributed by atoms with van der Waals surface area (Å²) in [7, 11) is 0. The van der Waals surface area contributed by atoms with Crippen LogP contribution in [0, 0.1) is 10.1 Å². The van der Waals surface area contributed by atoms with Gasteiger partial charge >= 0.3 is 5.97 Å². The number of carbonyl (C=O) groups is 1. The number of para-hydroxylation sites is 1. The van der Waals surface area contributed by atoms with Crippen LogP contribution in [0.15, 0.2) is 42.7 Å². The quantitative estimate of drug-likeness (QED) is 0.581. The van der Waals surface area contributed by atoms with Crippen molar-refractivity contribution in [2.45, 2.75) is 0 Å². The maximum atomic E-state index is 11.0. The van der Waals surface area contributed by atoms with E-state index in [-0.39, 0.29) is 16.9 Å². The van der Waals surface area contributed by atoms with Crippen LogP contribution in [0.3, 0.4) is 0 Å². The van der Waals surface area contributed by atoms with E-state index in [1.165, 1.54) is 29.2 Å². The minimum Gasteiger partial charge on any atom is -0.476 e. The molecule has 8 nitrogen and oxygen atoms in total. The first-order valence-corrected chi connectivity index (χ1v) is 5.89. The standard InChI is InChI=1S/C13H8N4O4/c18-13(19)9-5-7-16(15-9)10-4-6-14-12-8(10)2-1-3-11(12)17(20)21/h1-7H,(H,18,19). The van der Waals surface area contributed by atoms with Gasteiger partial charge in [0.1, 0.15) is 5.52 Å². The SMILES string of the molecule is O=C(O)c1ccn(-c2ccnc3c([N+](=O)[O-])cccc23)n1. The van der Waals surface area contributed by atoms with Gasteiger partial charge in [0.25, 0.3) is 5.69 Å². The van der Waals surface area contributed by atoms with Crippen LogP contribution in [0.25, 0.3) is 16.6 Å². The van der Waals surface area contributed by atoms with Gasteiger partial charge < -0.3 is 5.11 Å². The van der Waals surface area contributed by atoms with Crippen LogP contribution >= 0.6 is 0 Å². The van der Waals surface area contributed by atoms with Crippen molar-refractivity contribution in [3.05, 3.63) is 58.5 Å². The summed E-state index contributed by atoms with van der Waals surface area (Å²) in [6.45, 7) is 0. The van der Waals surface area contributed by atoms with E-state index in [9.17, 15) is 14.9 Å². The molecule has 1 aromatic carbocycles. The number of benzene rings is 1. The molecule has 0 unspecified atom stereocenters. The molecule has 3 rings (SSSR count). The number of pyridine rings is 1. The first-order valence-electron chi connectivity index (χ1n) is 5.89. The number of aromatic carboxylic acids is 1. The zero-order chi connectivity index (χ0) is 15.0. The maximum Gasteiger partial charge on any atom is 0.356 e. The second-order valence-corrected chi connectivity index (χ2v) is 4.21. The number of carboxylic acids is 1. The molecule has 0 saturated carbocycles. The van der Waals surface area contributed by atoms with Crippen molar-refractivity contribution >= 4 is 22.6 Å². The van der Waals surface area contributed by atoms with Gasteiger partial charge in [-0.1, -0.05) is 12.1 Å². The smallest absolute Gasteiger partial charge is 0.356 e. The molecule has 0 spiro atoms. The zero-order valence-corrected chi connectivity index (χ0v) is 10.5. The molecule has 3 aromatic rings. The van der Waals surface area contributed by atoms with E-state index in [1.54, 1.807) is 18.2 Å². The van der Waals surface area contributed by atoms with Gasteiger partial charge in [0.15, 0.2) is 5.69 Å². The summed E-state index contributed by atoms with van der Waals surface area (Å²) >= 11 is 0. The first kappa shape index (κ1) is 12.7. The molecule has 0 radical (unpaired) electrons. The molecule has 104 valence electrons. The van der Waals surface area contributed by atoms with Crippen LogP contribution < -0.4 is 0 Å². The third-order valence-corrected chi connectivity index (χ3v) is 2.98. The van der Waals surface area contributed by atoms with Crippen molar-refractivity contribution in [2.24, 2.45) is 0 Å². The summed E-state index contributed by atoms with van der Waals surface area (Å²) in [5.41, 5.74) is 0.536. The topological polar surface area (TPSA) is 111 Å². The molecule has 1 N–H and O–H groups in total. The highest BCUT2D eigenvalue weighted by Crippen LogP contribution is 2.27. The number of rotatable bonds is 3. The summed E-state index contributed by atoms with van der Waals surface area (Å²) in [4.78, 5) is 25.4. The molecular weight excluding hydrogens is 276 g/mol. The van der Waals surface area contributed by atoms with E-state index in [0.29, 0.717) is 11.1 Å². The highest BCUT2D eigenvalue weighted by molar-refractivity contribution is 5.93. The monoisotopic (exact) mass is 284 g/mol. The van der Waals surface area contributed by atoms with Gasteiger partial charge in [-0.3, -0.25) is 10.1 Å². The lowest BCUT2D eigenvalue weighted by Crippen LogP contribution is -2.02. The van der Waals surface area contributed by atoms with E-state index >= 15 is 0 Å². The Morgan fingerprint density at radius 3 is 2.76 bits per heavy atom. The van der Waals surface area contributed by atoms with Crippen LogP contribution in [-0.4, -0.2) is 30.8 Å². The number of fused-ring (bicyclic) bond motifs is 1. The fraction of sp³-hybridized carbons (Fsp3) is 0.